The minimum atomic E-state index is -1.10. The average molecular weight is 566 g/mol. The highest BCUT2D eigenvalue weighted by molar-refractivity contribution is 5.90. The Bertz CT molecular complexity index is 1930. The van der Waals surface area contributed by atoms with Gasteiger partial charge in [-0.25, -0.2) is 13.6 Å². The molecule has 10 heteroatoms. The molecule has 2 aromatic heterocycles. The number of carboxylic acids is 1. The van der Waals surface area contributed by atoms with Gasteiger partial charge >= 0.3 is 5.97 Å². The molecule has 0 aliphatic heterocycles. The third-order valence-electron chi connectivity index (χ3n) is 6.99. The lowest BCUT2D eigenvalue weighted by Gasteiger charge is -2.08. The Kier molecular flexibility index (Phi) is 6.97. The van der Waals surface area contributed by atoms with Crippen LogP contribution >= 0.6 is 0 Å². The van der Waals surface area contributed by atoms with Crippen LogP contribution in [0.2, 0.25) is 0 Å². The number of rotatable bonds is 8. The van der Waals surface area contributed by atoms with E-state index in [1.54, 1.807) is 48.0 Å². The number of ether oxygens (including phenoxy) is 1. The number of aromatic nitrogens is 4. The van der Waals surface area contributed by atoms with Crippen LogP contribution in [0.15, 0.2) is 85.1 Å². The second kappa shape index (κ2) is 10.9. The molecule has 4 aromatic carbocycles. The van der Waals surface area contributed by atoms with Crippen LogP contribution in [0.3, 0.4) is 0 Å². The van der Waals surface area contributed by atoms with Crippen molar-refractivity contribution in [1.82, 2.24) is 19.7 Å². The number of nitrogens with two attached hydrogens (primary N) is 1. The number of carbonyl (C=O) groups is 1. The van der Waals surface area contributed by atoms with Gasteiger partial charge in [-0.1, -0.05) is 54.6 Å². The first-order chi connectivity index (χ1) is 20.3. The number of benzene rings is 4. The molecule has 6 rings (SSSR count). The Morgan fingerprint density at radius 2 is 1.62 bits per heavy atom. The van der Waals surface area contributed by atoms with Gasteiger partial charge in [0.25, 0.3) is 6.01 Å². The van der Waals surface area contributed by atoms with E-state index in [4.69, 9.17) is 10.5 Å². The first-order valence-corrected chi connectivity index (χ1v) is 13.1. The number of nitrogens with zero attached hydrogens (tertiary/aromatic N) is 3. The van der Waals surface area contributed by atoms with Crippen LogP contribution in [0.25, 0.3) is 44.5 Å². The van der Waals surface area contributed by atoms with Crippen LogP contribution in [0.4, 0.5) is 8.78 Å². The number of hydrogen-bond donors (Lipinski definition) is 3. The van der Waals surface area contributed by atoms with E-state index in [1.807, 2.05) is 36.5 Å². The predicted molar refractivity (Wildman–Crippen MR) is 155 cm³/mol. The average Bonchev–Trinajstić information content (AvgIpc) is 3.62. The Morgan fingerprint density at radius 3 is 2.29 bits per heavy atom. The zero-order valence-electron chi connectivity index (χ0n) is 22.4. The van der Waals surface area contributed by atoms with E-state index in [9.17, 15) is 9.90 Å². The zero-order valence-corrected chi connectivity index (χ0v) is 22.4. The summed E-state index contributed by atoms with van der Waals surface area (Å²) >= 11 is 0. The quantitative estimate of drug-likeness (QED) is 0.187. The van der Waals surface area contributed by atoms with Crippen molar-refractivity contribution < 1.29 is 23.4 Å². The van der Waals surface area contributed by atoms with Gasteiger partial charge < -0.3 is 20.6 Å². The van der Waals surface area contributed by atoms with Gasteiger partial charge in [-0.05, 0) is 47.4 Å². The van der Waals surface area contributed by atoms with Crippen molar-refractivity contribution in [3.8, 4) is 45.3 Å². The number of aromatic amines is 1. The molecule has 0 aliphatic rings. The molecule has 2 heterocycles. The van der Waals surface area contributed by atoms with Crippen LogP contribution in [-0.2, 0) is 6.54 Å². The van der Waals surface area contributed by atoms with E-state index >= 15 is 8.78 Å². The molecule has 8 nitrogen and oxygen atoms in total. The molecule has 6 aromatic rings. The fourth-order valence-corrected chi connectivity index (χ4v) is 4.81. The predicted octanol–water partition coefficient (Wildman–Crippen LogP) is 6.80. The maximum Gasteiger partial charge on any atom is 0.336 e. The third kappa shape index (κ3) is 5.11. The SMILES string of the molecule is Cc1ccc(Oc2nc3c(F)c(-c4ccc(-c5ccc(-c6ccn(CCN)n6)cc5)cc4)c(F)cc3[nH]2)cc1C(=O)O. The molecule has 42 heavy (non-hydrogen) atoms. The number of hydrogen-bond acceptors (Lipinski definition) is 5. The zero-order chi connectivity index (χ0) is 29.4. The van der Waals surface area contributed by atoms with Gasteiger partial charge in [0.15, 0.2) is 5.82 Å². The lowest BCUT2D eigenvalue weighted by Crippen LogP contribution is -2.09. The second-order valence-corrected chi connectivity index (χ2v) is 9.78. The maximum atomic E-state index is 15.6. The lowest BCUT2D eigenvalue weighted by molar-refractivity contribution is 0.0695. The fraction of sp³-hybridized carbons (Fsp3) is 0.0938. The molecule has 0 spiro atoms. The van der Waals surface area contributed by atoms with Crippen molar-refractivity contribution in [2.24, 2.45) is 5.73 Å². The van der Waals surface area contributed by atoms with Gasteiger partial charge in [-0.3, -0.25) is 4.68 Å². The number of imidazole rings is 1. The van der Waals surface area contributed by atoms with Crippen LogP contribution < -0.4 is 10.5 Å². The summed E-state index contributed by atoms with van der Waals surface area (Å²) in [7, 11) is 0. The van der Waals surface area contributed by atoms with Crippen molar-refractivity contribution in [3.63, 3.8) is 0 Å². The first kappa shape index (κ1) is 26.9. The Hall–Kier alpha value is -5.35. The smallest absolute Gasteiger partial charge is 0.336 e. The van der Waals surface area contributed by atoms with E-state index < -0.39 is 17.6 Å². The molecule has 0 radical (unpaired) electrons. The van der Waals surface area contributed by atoms with Crippen molar-refractivity contribution in [3.05, 3.63) is 108 Å². The summed E-state index contributed by atoms with van der Waals surface area (Å²) in [6.07, 6.45) is 1.89. The molecule has 0 aliphatic carbocycles. The topological polar surface area (TPSA) is 119 Å². The van der Waals surface area contributed by atoms with E-state index in [0.717, 1.165) is 28.5 Å². The molecule has 0 saturated carbocycles. The van der Waals surface area contributed by atoms with Crippen molar-refractivity contribution >= 4 is 17.0 Å². The number of aryl methyl sites for hydroxylation is 1. The number of halogens is 2. The highest BCUT2D eigenvalue weighted by Gasteiger charge is 2.20. The summed E-state index contributed by atoms with van der Waals surface area (Å²) in [5, 5.41) is 13.9. The van der Waals surface area contributed by atoms with Crippen molar-refractivity contribution in [2.45, 2.75) is 13.5 Å². The number of H-pyrrole nitrogens is 1. The van der Waals surface area contributed by atoms with Gasteiger partial charge in [0.05, 0.1) is 28.9 Å². The number of nitrogens with one attached hydrogen (secondary N) is 1. The minimum Gasteiger partial charge on any atom is -0.478 e. The Balaban J connectivity index is 1.25. The first-order valence-electron chi connectivity index (χ1n) is 13.1. The van der Waals surface area contributed by atoms with Gasteiger partial charge in [0, 0.05) is 24.4 Å². The molecule has 4 N–H and O–H groups in total. The summed E-state index contributed by atoms with van der Waals surface area (Å²) in [6.45, 7) is 2.83. The Morgan fingerprint density at radius 1 is 0.952 bits per heavy atom. The summed E-state index contributed by atoms with van der Waals surface area (Å²) < 4.78 is 38.2. The van der Waals surface area contributed by atoms with Gasteiger partial charge in [-0.15, -0.1) is 0 Å². The standard InChI is InChI=1S/C32H25F2N5O3/c1-18-2-11-23(16-24(18)31(40)41)42-32-36-27-17-25(33)28(29(34)30(27)37-32)22-9-5-20(6-10-22)19-3-7-21(8-4-19)26-12-14-39(38-26)15-13-35/h2-12,14,16-17H,13,15,35H2,1H3,(H,36,37)(H,40,41). The lowest BCUT2D eigenvalue weighted by atomic mass is 9.98. The van der Waals surface area contributed by atoms with Crippen LogP contribution in [0.5, 0.6) is 11.8 Å². The van der Waals surface area contributed by atoms with Crippen LogP contribution in [0, 0.1) is 18.6 Å². The highest BCUT2D eigenvalue weighted by atomic mass is 19.1. The van der Waals surface area contributed by atoms with E-state index in [-0.39, 0.29) is 33.9 Å². The highest BCUT2D eigenvalue weighted by Crippen LogP contribution is 2.34. The second-order valence-electron chi connectivity index (χ2n) is 9.78. The molecular formula is C32H25F2N5O3. The normalized spacial score (nSPS) is 11.2. The van der Waals surface area contributed by atoms with Gasteiger partial charge in [-0.2, -0.15) is 10.1 Å². The summed E-state index contributed by atoms with van der Waals surface area (Å²) in [5.41, 5.74) is 10.0. The van der Waals surface area contributed by atoms with Crippen LogP contribution in [0.1, 0.15) is 15.9 Å². The van der Waals surface area contributed by atoms with E-state index in [0.29, 0.717) is 24.2 Å². The maximum absolute atomic E-state index is 15.6. The molecule has 210 valence electrons. The summed E-state index contributed by atoms with van der Waals surface area (Å²) in [5.74, 6) is -2.50. The molecule has 0 unspecified atom stereocenters. The number of aromatic carboxylic acids is 1. The molecular weight excluding hydrogens is 540 g/mol. The van der Waals surface area contributed by atoms with E-state index in [2.05, 4.69) is 15.1 Å². The van der Waals surface area contributed by atoms with Crippen LogP contribution in [-0.4, -0.2) is 37.4 Å². The largest absolute Gasteiger partial charge is 0.478 e. The third-order valence-corrected chi connectivity index (χ3v) is 6.99. The Labute approximate surface area is 239 Å². The number of carboxylic acid groups (broad SMARTS) is 1. The number of fused-ring (bicyclic) bond motifs is 1. The molecule has 0 saturated heterocycles. The molecule has 0 amide bonds. The fourth-order valence-electron chi connectivity index (χ4n) is 4.81. The summed E-state index contributed by atoms with van der Waals surface area (Å²) in [6, 6.07) is 22.3. The van der Waals surface area contributed by atoms with Gasteiger partial charge in [0.1, 0.15) is 17.1 Å². The monoisotopic (exact) mass is 565 g/mol. The van der Waals surface area contributed by atoms with Gasteiger partial charge in [0.2, 0.25) is 0 Å². The van der Waals surface area contributed by atoms with Crippen molar-refractivity contribution in [2.75, 3.05) is 6.54 Å². The minimum absolute atomic E-state index is 0.0672. The van der Waals surface area contributed by atoms with Crippen molar-refractivity contribution in [1.29, 1.82) is 0 Å². The molecule has 0 atom stereocenters. The van der Waals surface area contributed by atoms with E-state index in [1.165, 1.54) is 6.07 Å². The summed E-state index contributed by atoms with van der Waals surface area (Å²) in [4.78, 5) is 18.3. The molecule has 0 bridgehead atoms. The molecule has 0 fully saturated rings.